The summed E-state index contributed by atoms with van der Waals surface area (Å²) in [5.41, 5.74) is 0. The number of rotatable bonds is 6. The number of hydrogen-bond acceptors (Lipinski definition) is 3. The van der Waals surface area contributed by atoms with Gasteiger partial charge in [-0.3, -0.25) is 0 Å². The van der Waals surface area contributed by atoms with Gasteiger partial charge in [0.15, 0.2) is 11.5 Å². The molecule has 1 fully saturated rings. The molecule has 0 bridgehead atoms. The van der Waals surface area contributed by atoms with Gasteiger partial charge in [-0.05, 0) is 57.3 Å². The van der Waals surface area contributed by atoms with Crippen molar-refractivity contribution >= 4 is 0 Å². The van der Waals surface area contributed by atoms with Crippen LogP contribution in [0.5, 0.6) is 11.5 Å². The quantitative estimate of drug-likeness (QED) is 0.841. The molecule has 100 valence electrons. The van der Waals surface area contributed by atoms with Crippen LogP contribution in [0, 0.1) is 5.92 Å². The third-order valence-corrected chi connectivity index (χ3v) is 3.33. The molecule has 0 spiro atoms. The standard InChI is InChI=1S/C15H23NO2/c1-2-17-14-7-3-4-8-15(14)18-11-9-13-6-5-10-16-12-13/h3-4,7-8,13,16H,2,5-6,9-12H2,1H3/t13-/m1/s1. The second-order valence-electron chi connectivity index (χ2n) is 4.73. The summed E-state index contributed by atoms with van der Waals surface area (Å²) >= 11 is 0. The lowest BCUT2D eigenvalue weighted by Gasteiger charge is -2.22. The van der Waals surface area contributed by atoms with Crippen LogP contribution in [-0.2, 0) is 0 Å². The maximum absolute atomic E-state index is 5.84. The summed E-state index contributed by atoms with van der Waals surface area (Å²) in [4.78, 5) is 0. The van der Waals surface area contributed by atoms with Gasteiger partial charge in [-0.15, -0.1) is 0 Å². The van der Waals surface area contributed by atoms with Crippen LogP contribution in [-0.4, -0.2) is 26.3 Å². The molecular formula is C15H23NO2. The minimum Gasteiger partial charge on any atom is -0.490 e. The predicted molar refractivity (Wildman–Crippen MR) is 73.3 cm³/mol. The Balaban J connectivity index is 1.78. The van der Waals surface area contributed by atoms with Crippen LogP contribution in [0.25, 0.3) is 0 Å². The second-order valence-corrected chi connectivity index (χ2v) is 4.73. The van der Waals surface area contributed by atoms with Crippen molar-refractivity contribution in [1.29, 1.82) is 0 Å². The summed E-state index contributed by atoms with van der Waals surface area (Å²) in [5, 5.41) is 3.43. The molecule has 0 saturated carbocycles. The number of ether oxygens (including phenoxy) is 2. The van der Waals surface area contributed by atoms with Crippen LogP contribution in [0.3, 0.4) is 0 Å². The van der Waals surface area contributed by atoms with E-state index in [1.165, 1.54) is 19.4 Å². The monoisotopic (exact) mass is 249 g/mol. The molecule has 1 heterocycles. The van der Waals surface area contributed by atoms with Crippen molar-refractivity contribution in [2.24, 2.45) is 5.92 Å². The van der Waals surface area contributed by atoms with E-state index in [0.29, 0.717) is 6.61 Å². The number of hydrogen-bond donors (Lipinski definition) is 1. The van der Waals surface area contributed by atoms with Gasteiger partial charge in [0, 0.05) is 0 Å². The fourth-order valence-electron chi connectivity index (χ4n) is 2.35. The second kappa shape index (κ2) is 7.27. The van der Waals surface area contributed by atoms with E-state index in [1.807, 2.05) is 31.2 Å². The van der Waals surface area contributed by atoms with Gasteiger partial charge < -0.3 is 14.8 Å². The predicted octanol–water partition coefficient (Wildman–Crippen LogP) is 2.85. The van der Waals surface area contributed by atoms with Crippen molar-refractivity contribution < 1.29 is 9.47 Å². The molecule has 3 nitrogen and oxygen atoms in total. The molecule has 2 rings (SSSR count). The van der Waals surface area contributed by atoms with Crippen molar-refractivity contribution in [3.05, 3.63) is 24.3 Å². The fourth-order valence-corrected chi connectivity index (χ4v) is 2.35. The molecule has 0 radical (unpaired) electrons. The molecular weight excluding hydrogens is 226 g/mol. The number of benzene rings is 1. The summed E-state index contributed by atoms with van der Waals surface area (Å²) in [6.45, 7) is 5.74. The third kappa shape index (κ3) is 3.91. The largest absolute Gasteiger partial charge is 0.490 e. The van der Waals surface area contributed by atoms with Gasteiger partial charge in [-0.1, -0.05) is 12.1 Å². The minimum atomic E-state index is 0.674. The molecule has 0 amide bonds. The van der Waals surface area contributed by atoms with Crippen molar-refractivity contribution in [3.63, 3.8) is 0 Å². The van der Waals surface area contributed by atoms with Crippen molar-refractivity contribution in [3.8, 4) is 11.5 Å². The first-order chi connectivity index (χ1) is 8.90. The topological polar surface area (TPSA) is 30.5 Å². The van der Waals surface area contributed by atoms with Crippen LogP contribution in [0.2, 0.25) is 0 Å². The van der Waals surface area contributed by atoms with Gasteiger partial charge in [0.1, 0.15) is 0 Å². The summed E-state index contributed by atoms with van der Waals surface area (Å²) in [6.07, 6.45) is 3.73. The summed E-state index contributed by atoms with van der Waals surface area (Å²) < 4.78 is 11.4. The van der Waals surface area contributed by atoms with Gasteiger partial charge >= 0.3 is 0 Å². The Morgan fingerprint density at radius 3 is 2.67 bits per heavy atom. The van der Waals surface area contributed by atoms with Crippen molar-refractivity contribution in [1.82, 2.24) is 5.32 Å². The van der Waals surface area contributed by atoms with Crippen LogP contribution < -0.4 is 14.8 Å². The zero-order valence-electron chi connectivity index (χ0n) is 11.2. The highest BCUT2D eigenvalue weighted by atomic mass is 16.5. The number of piperidine rings is 1. The summed E-state index contributed by atoms with van der Waals surface area (Å²) in [5.74, 6) is 2.47. The lowest BCUT2D eigenvalue weighted by atomic mass is 9.97. The van der Waals surface area contributed by atoms with E-state index in [2.05, 4.69) is 5.32 Å². The smallest absolute Gasteiger partial charge is 0.161 e. The maximum Gasteiger partial charge on any atom is 0.161 e. The van der Waals surface area contributed by atoms with E-state index in [0.717, 1.165) is 37.0 Å². The molecule has 1 aliphatic rings. The van der Waals surface area contributed by atoms with Crippen molar-refractivity contribution in [2.75, 3.05) is 26.3 Å². The van der Waals surface area contributed by atoms with E-state index in [4.69, 9.17) is 9.47 Å². The molecule has 18 heavy (non-hydrogen) atoms. The molecule has 1 aromatic rings. The summed E-state index contributed by atoms with van der Waals surface area (Å²) in [6, 6.07) is 7.90. The van der Waals surface area contributed by atoms with E-state index in [-0.39, 0.29) is 0 Å². The SMILES string of the molecule is CCOc1ccccc1OCC[C@H]1CCCNC1. The fraction of sp³-hybridized carbons (Fsp3) is 0.600. The first kappa shape index (κ1) is 13.2. The highest BCUT2D eigenvalue weighted by Crippen LogP contribution is 2.27. The molecule has 1 N–H and O–H groups in total. The van der Waals surface area contributed by atoms with E-state index in [1.54, 1.807) is 0 Å². The zero-order valence-corrected chi connectivity index (χ0v) is 11.2. The minimum absolute atomic E-state index is 0.674. The Kier molecular flexibility index (Phi) is 5.34. The zero-order chi connectivity index (χ0) is 12.6. The maximum atomic E-state index is 5.84. The van der Waals surface area contributed by atoms with Crippen LogP contribution in [0.1, 0.15) is 26.2 Å². The van der Waals surface area contributed by atoms with Crippen LogP contribution in [0.4, 0.5) is 0 Å². The Morgan fingerprint density at radius 2 is 2.00 bits per heavy atom. The Morgan fingerprint density at radius 1 is 1.22 bits per heavy atom. The summed E-state index contributed by atoms with van der Waals surface area (Å²) in [7, 11) is 0. The van der Waals surface area contributed by atoms with Gasteiger partial charge in [-0.25, -0.2) is 0 Å². The van der Waals surface area contributed by atoms with Gasteiger partial charge in [0.25, 0.3) is 0 Å². The van der Waals surface area contributed by atoms with Gasteiger partial charge in [0.05, 0.1) is 13.2 Å². The number of nitrogens with one attached hydrogen (secondary N) is 1. The van der Waals surface area contributed by atoms with Gasteiger partial charge in [-0.2, -0.15) is 0 Å². The number of para-hydroxylation sites is 2. The first-order valence-electron chi connectivity index (χ1n) is 6.95. The van der Waals surface area contributed by atoms with E-state index in [9.17, 15) is 0 Å². The molecule has 1 saturated heterocycles. The Hall–Kier alpha value is -1.22. The highest BCUT2D eigenvalue weighted by molar-refractivity contribution is 5.39. The highest BCUT2D eigenvalue weighted by Gasteiger charge is 2.13. The Labute approximate surface area is 109 Å². The van der Waals surface area contributed by atoms with Crippen LogP contribution in [0.15, 0.2) is 24.3 Å². The van der Waals surface area contributed by atoms with E-state index >= 15 is 0 Å². The van der Waals surface area contributed by atoms with Crippen LogP contribution >= 0.6 is 0 Å². The lowest BCUT2D eigenvalue weighted by molar-refractivity contribution is 0.239. The molecule has 0 aromatic heterocycles. The van der Waals surface area contributed by atoms with Crippen molar-refractivity contribution in [2.45, 2.75) is 26.2 Å². The molecule has 0 unspecified atom stereocenters. The van der Waals surface area contributed by atoms with Gasteiger partial charge in [0.2, 0.25) is 0 Å². The lowest BCUT2D eigenvalue weighted by Crippen LogP contribution is -2.30. The molecule has 0 aliphatic carbocycles. The first-order valence-corrected chi connectivity index (χ1v) is 6.95. The molecule has 3 heteroatoms. The molecule has 1 aromatic carbocycles. The average Bonchev–Trinajstić information content (AvgIpc) is 2.42. The third-order valence-electron chi connectivity index (χ3n) is 3.33. The molecule has 1 atom stereocenters. The average molecular weight is 249 g/mol. The van der Waals surface area contributed by atoms with E-state index < -0.39 is 0 Å². The normalized spacial score (nSPS) is 19.5. The Bertz CT molecular complexity index is 348. The molecule has 1 aliphatic heterocycles.